The molecule has 5 rings (SSSR count). The second kappa shape index (κ2) is 16.6. The third-order valence-corrected chi connectivity index (χ3v) is 8.54. The number of benzene rings is 3. The minimum absolute atomic E-state index is 0.0794. The third kappa shape index (κ3) is 8.87. The fraction of sp³-hybridized carbons (Fsp3) is 0.342. The zero-order chi connectivity index (χ0) is 35.6. The zero-order valence-electron chi connectivity index (χ0n) is 28.4. The van der Waals surface area contributed by atoms with Gasteiger partial charge in [-0.2, -0.15) is 0 Å². The van der Waals surface area contributed by atoms with E-state index in [4.69, 9.17) is 13.9 Å². The Morgan fingerprint density at radius 3 is 2.24 bits per heavy atom. The lowest BCUT2D eigenvalue weighted by Crippen LogP contribution is -2.52. The van der Waals surface area contributed by atoms with Gasteiger partial charge in [0.25, 0.3) is 11.8 Å². The van der Waals surface area contributed by atoms with E-state index in [-0.39, 0.29) is 30.4 Å². The van der Waals surface area contributed by atoms with Crippen LogP contribution in [0, 0.1) is 5.92 Å². The summed E-state index contributed by atoms with van der Waals surface area (Å²) in [5, 5.41) is 5.96. The van der Waals surface area contributed by atoms with Crippen LogP contribution < -0.4 is 31.8 Å². The van der Waals surface area contributed by atoms with Crippen molar-refractivity contribution in [3.63, 3.8) is 0 Å². The van der Waals surface area contributed by atoms with Crippen LogP contribution in [0.5, 0.6) is 5.75 Å². The Morgan fingerprint density at radius 1 is 0.860 bits per heavy atom. The first-order chi connectivity index (χ1) is 24.1. The van der Waals surface area contributed by atoms with Crippen LogP contribution in [0.1, 0.15) is 73.4 Å². The quantitative estimate of drug-likeness (QED) is 0.0802. The maximum Gasteiger partial charge on any atom is 0.407 e. The van der Waals surface area contributed by atoms with Crippen LogP contribution in [0.3, 0.4) is 0 Å². The topological polar surface area (TPSA) is 165 Å². The zero-order valence-corrected chi connectivity index (χ0v) is 28.4. The molecule has 0 unspecified atom stereocenters. The summed E-state index contributed by atoms with van der Waals surface area (Å²) in [4.78, 5) is 63.1. The number of unbranched alkanes of at least 4 members (excludes halogenated alkanes) is 2. The standard InChI is InChI=1S/C38H42N4O8/c1-23(2)19-32(40-38(47)49-22-31-28-13-8-6-11-26(28)27-12-7-9-14-29(27)31)36(45)42-41-34(43)15-5-4-10-18-39-35(44)30-20-24-16-17-25(48-3)21-33(24)50-37(30)46/h6-9,11-14,16-17,20-21,23,31-32H,4-5,10,15,18-19,22H2,1-3H3,(H,39,44)(H,40,47)(H,41,43)(H,42,45)/t32-/m0/s1. The number of rotatable bonds is 14. The molecule has 1 heterocycles. The first kappa shape index (κ1) is 35.7. The molecule has 12 nitrogen and oxygen atoms in total. The fourth-order valence-corrected chi connectivity index (χ4v) is 6.03. The van der Waals surface area contributed by atoms with Gasteiger partial charge in [0.15, 0.2) is 0 Å². The van der Waals surface area contributed by atoms with E-state index in [9.17, 15) is 24.0 Å². The van der Waals surface area contributed by atoms with Crippen molar-refractivity contribution in [2.24, 2.45) is 5.92 Å². The summed E-state index contributed by atoms with van der Waals surface area (Å²) in [7, 11) is 1.51. The Hall–Kier alpha value is -5.65. The van der Waals surface area contributed by atoms with Crippen molar-refractivity contribution in [2.75, 3.05) is 20.3 Å². The Morgan fingerprint density at radius 2 is 1.56 bits per heavy atom. The van der Waals surface area contributed by atoms with Crippen molar-refractivity contribution in [3.8, 4) is 16.9 Å². The normalized spacial score (nSPS) is 12.5. The molecule has 0 saturated carbocycles. The maximum atomic E-state index is 13.0. The number of nitrogens with one attached hydrogen (secondary N) is 4. The summed E-state index contributed by atoms with van der Waals surface area (Å²) in [5.41, 5.74) is 8.72. The number of hydrazine groups is 1. The summed E-state index contributed by atoms with van der Waals surface area (Å²) >= 11 is 0. The number of methoxy groups -OCH3 is 1. The molecule has 4 aromatic rings. The van der Waals surface area contributed by atoms with Gasteiger partial charge in [-0.25, -0.2) is 9.59 Å². The van der Waals surface area contributed by atoms with E-state index in [1.54, 1.807) is 18.2 Å². The van der Waals surface area contributed by atoms with Crippen molar-refractivity contribution < 1.29 is 33.1 Å². The molecule has 50 heavy (non-hydrogen) atoms. The van der Waals surface area contributed by atoms with Crippen molar-refractivity contribution in [2.45, 2.75) is 57.9 Å². The average molecular weight is 683 g/mol. The van der Waals surface area contributed by atoms with Gasteiger partial charge in [-0.15, -0.1) is 0 Å². The lowest BCUT2D eigenvalue weighted by molar-refractivity contribution is -0.130. The molecular formula is C38H42N4O8. The monoisotopic (exact) mass is 682 g/mol. The second-order valence-electron chi connectivity index (χ2n) is 12.6. The van der Waals surface area contributed by atoms with Gasteiger partial charge in [0.1, 0.15) is 29.5 Å². The predicted molar refractivity (Wildman–Crippen MR) is 188 cm³/mol. The van der Waals surface area contributed by atoms with Gasteiger partial charge in [0.05, 0.1) is 7.11 Å². The van der Waals surface area contributed by atoms with Crippen molar-refractivity contribution in [1.82, 2.24) is 21.5 Å². The summed E-state index contributed by atoms with van der Waals surface area (Å²) in [5.74, 6) is -0.988. The van der Waals surface area contributed by atoms with E-state index in [0.717, 1.165) is 22.3 Å². The van der Waals surface area contributed by atoms with E-state index in [1.807, 2.05) is 50.2 Å². The molecule has 1 aliphatic rings. The van der Waals surface area contributed by atoms with Crippen LogP contribution in [0.25, 0.3) is 22.1 Å². The lowest BCUT2D eigenvalue weighted by atomic mass is 9.98. The SMILES string of the molecule is COc1ccc2cc(C(=O)NCCCCCC(=O)NNC(=O)[C@H](CC(C)C)NC(=O)OCC3c4ccccc4-c4ccccc43)c(=O)oc2c1. The maximum absolute atomic E-state index is 13.0. The van der Waals surface area contributed by atoms with E-state index in [2.05, 4.69) is 33.6 Å². The molecule has 0 saturated heterocycles. The molecule has 0 aliphatic heterocycles. The molecule has 0 fully saturated rings. The summed E-state index contributed by atoms with van der Waals surface area (Å²) < 4.78 is 16.0. The average Bonchev–Trinajstić information content (AvgIpc) is 3.43. The molecule has 262 valence electrons. The lowest BCUT2D eigenvalue weighted by Gasteiger charge is -2.21. The highest BCUT2D eigenvalue weighted by atomic mass is 16.5. The highest BCUT2D eigenvalue weighted by molar-refractivity contribution is 5.96. The minimum Gasteiger partial charge on any atom is -0.497 e. The number of hydrogen-bond acceptors (Lipinski definition) is 8. The van der Waals surface area contributed by atoms with Gasteiger partial charge in [0.2, 0.25) is 5.91 Å². The molecule has 4 amide bonds. The van der Waals surface area contributed by atoms with Gasteiger partial charge in [-0.05, 0) is 65.6 Å². The molecule has 3 aromatic carbocycles. The fourth-order valence-electron chi connectivity index (χ4n) is 6.03. The molecule has 0 bridgehead atoms. The first-order valence-electron chi connectivity index (χ1n) is 16.7. The van der Waals surface area contributed by atoms with Crippen molar-refractivity contribution >= 4 is 34.8 Å². The number of amides is 4. The van der Waals surface area contributed by atoms with Gasteiger partial charge >= 0.3 is 11.7 Å². The van der Waals surface area contributed by atoms with Crippen LogP contribution in [0.15, 0.2) is 82.0 Å². The van der Waals surface area contributed by atoms with Crippen LogP contribution in [-0.4, -0.2) is 50.1 Å². The summed E-state index contributed by atoms with van der Waals surface area (Å²) in [6.07, 6.45) is 1.46. The van der Waals surface area contributed by atoms with E-state index < -0.39 is 35.5 Å². The van der Waals surface area contributed by atoms with Crippen LogP contribution in [0.2, 0.25) is 0 Å². The summed E-state index contributed by atoms with van der Waals surface area (Å²) in [6.45, 7) is 4.27. The highest BCUT2D eigenvalue weighted by Crippen LogP contribution is 2.44. The Labute approximate surface area is 289 Å². The third-order valence-electron chi connectivity index (χ3n) is 8.54. The molecule has 0 radical (unpaired) electrons. The molecule has 1 aliphatic carbocycles. The largest absolute Gasteiger partial charge is 0.497 e. The number of carbonyl (C=O) groups is 4. The number of hydrogen-bond donors (Lipinski definition) is 4. The van der Waals surface area contributed by atoms with Crippen molar-refractivity contribution in [3.05, 3.63) is 99.9 Å². The number of ether oxygens (including phenoxy) is 2. The Bertz CT molecular complexity index is 1880. The number of carbonyl (C=O) groups excluding carboxylic acids is 4. The molecule has 1 aromatic heterocycles. The van der Waals surface area contributed by atoms with E-state index in [0.29, 0.717) is 48.9 Å². The highest BCUT2D eigenvalue weighted by Gasteiger charge is 2.30. The van der Waals surface area contributed by atoms with E-state index in [1.165, 1.54) is 13.2 Å². The predicted octanol–water partition coefficient (Wildman–Crippen LogP) is 5.19. The molecular weight excluding hydrogens is 640 g/mol. The van der Waals surface area contributed by atoms with Gasteiger partial charge in [-0.3, -0.25) is 25.2 Å². The molecule has 4 N–H and O–H groups in total. The number of fused-ring (bicyclic) bond motifs is 4. The number of alkyl carbamates (subject to hydrolysis) is 1. The minimum atomic E-state index is -0.914. The van der Waals surface area contributed by atoms with Gasteiger partial charge in [-0.1, -0.05) is 68.8 Å². The van der Waals surface area contributed by atoms with Gasteiger partial charge in [0, 0.05) is 30.3 Å². The molecule has 12 heteroatoms. The smallest absolute Gasteiger partial charge is 0.407 e. The van der Waals surface area contributed by atoms with Crippen LogP contribution in [-0.2, 0) is 14.3 Å². The van der Waals surface area contributed by atoms with Crippen LogP contribution >= 0.6 is 0 Å². The second-order valence-corrected chi connectivity index (χ2v) is 12.6. The summed E-state index contributed by atoms with van der Waals surface area (Å²) in [6, 6.07) is 21.6. The van der Waals surface area contributed by atoms with Crippen LogP contribution in [0.4, 0.5) is 4.79 Å². The Balaban J connectivity index is 1.01. The van der Waals surface area contributed by atoms with Gasteiger partial charge < -0.3 is 24.5 Å². The Kier molecular flexibility index (Phi) is 11.9. The first-order valence-corrected chi connectivity index (χ1v) is 16.7. The van der Waals surface area contributed by atoms with E-state index >= 15 is 0 Å². The van der Waals surface area contributed by atoms with Crippen molar-refractivity contribution in [1.29, 1.82) is 0 Å². The molecule has 1 atom stereocenters. The molecule has 0 spiro atoms.